The minimum atomic E-state index is -1.95. The first-order valence-corrected chi connectivity index (χ1v) is 7.72. The average Bonchev–Trinajstić information content (AvgIpc) is 3.10. The van der Waals surface area contributed by atoms with Gasteiger partial charge in [-0.05, 0) is 12.1 Å². The summed E-state index contributed by atoms with van der Waals surface area (Å²) < 4.78 is 10.9. The summed E-state index contributed by atoms with van der Waals surface area (Å²) in [4.78, 5) is 0.905. The molecule has 4 nitrogen and oxygen atoms in total. The highest BCUT2D eigenvalue weighted by Gasteiger charge is 2.40. The molecule has 0 spiro atoms. The van der Waals surface area contributed by atoms with E-state index in [4.69, 9.17) is 21.1 Å². The molecule has 1 fully saturated rings. The minimum Gasteiger partial charge on any atom is -0.361 e. The highest BCUT2D eigenvalue weighted by atomic mass is 35.5. The van der Waals surface area contributed by atoms with E-state index in [1.165, 1.54) is 11.8 Å². The van der Waals surface area contributed by atoms with Crippen LogP contribution >= 0.6 is 23.4 Å². The van der Waals surface area contributed by atoms with Gasteiger partial charge < -0.3 is 19.7 Å². The molecular formula is C14H15ClO4S. The Kier molecular flexibility index (Phi) is 4.08. The van der Waals surface area contributed by atoms with Gasteiger partial charge in [-0.1, -0.05) is 29.8 Å². The second-order valence-corrected chi connectivity index (χ2v) is 6.33. The van der Waals surface area contributed by atoms with Crippen LogP contribution in [-0.2, 0) is 15.3 Å². The zero-order valence-electron chi connectivity index (χ0n) is 10.7. The molecule has 0 saturated carbocycles. The number of rotatable bonds is 3. The number of hydrogen-bond donors (Lipinski definition) is 2. The molecule has 1 saturated heterocycles. The number of ether oxygens (including phenoxy) is 2. The molecule has 2 N–H and O–H groups in total. The Balaban J connectivity index is 1.81. The highest BCUT2D eigenvalue weighted by Crippen LogP contribution is 2.42. The predicted molar refractivity (Wildman–Crippen MR) is 77.3 cm³/mol. The van der Waals surface area contributed by atoms with Gasteiger partial charge in [0.2, 0.25) is 0 Å². The molecule has 1 atom stereocenters. The summed E-state index contributed by atoms with van der Waals surface area (Å²) in [5.74, 6) is -1.80. The molecule has 0 amide bonds. The van der Waals surface area contributed by atoms with E-state index in [0.717, 1.165) is 4.91 Å². The van der Waals surface area contributed by atoms with E-state index in [1.807, 2.05) is 6.08 Å². The van der Waals surface area contributed by atoms with Crippen molar-refractivity contribution in [3.05, 3.63) is 45.8 Å². The molecule has 2 aliphatic heterocycles. The van der Waals surface area contributed by atoms with E-state index in [9.17, 15) is 10.2 Å². The van der Waals surface area contributed by atoms with Crippen LogP contribution in [0.15, 0.2) is 35.2 Å². The van der Waals surface area contributed by atoms with Gasteiger partial charge in [-0.2, -0.15) is 0 Å². The van der Waals surface area contributed by atoms with Gasteiger partial charge >= 0.3 is 0 Å². The van der Waals surface area contributed by atoms with Gasteiger partial charge in [-0.15, -0.1) is 11.8 Å². The van der Waals surface area contributed by atoms with Crippen LogP contribution in [-0.4, -0.2) is 35.5 Å². The third-order valence-corrected chi connectivity index (χ3v) is 4.84. The topological polar surface area (TPSA) is 58.9 Å². The van der Waals surface area contributed by atoms with Crippen molar-refractivity contribution in [2.45, 2.75) is 12.1 Å². The first-order valence-electron chi connectivity index (χ1n) is 6.36. The van der Waals surface area contributed by atoms with Crippen LogP contribution in [0.4, 0.5) is 0 Å². The van der Waals surface area contributed by atoms with E-state index in [1.54, 1.807) is 24.3 Å². The fourth-order valence-electron chi connectivity index (χ4n) is 2.31. The number of benzene rings is 1. The van der Waals surface area contributed by atoms with Crippen LogP contribution in [0.5, 0.6) is 0 Å². The van der Waals surface area contributed by atoms with E-state index in [-0.39, 0.29) is 6.29 Å². The molecule has 1 aromatic rings. The lowest BCUT2D eigenvalue weighted by Gasteiger charge is -2.27. The number of thioether (sulfide) groups is 1. The van der Waals surface area contributed by atoms with Crippen LogP contribution in [0.1, 0.15) is 5.56 Å². The monoisotopic (exact) mass is 314 g/mol. The second kappa shape index (κ2) is 5.67. The van der Waals surface area contributed by atoms with Crippen LogP contribution in [0.2, 0.25) is 5.02 Å². The van der Waals surface area contributed by atoms with Gasteiger partial charge in [0.1, 0.15) is 0 Å². The van der Waals surface area contributed by atoms with Gasteiger partial charge in [-0.3, -0.25) is 0 Å². The van der Waals surface area contributed by atoms with E-state index in [2.05, 4.69) is 0 Å². The normalized spacial score (nSPS) is 24.1. The highest BCUT2D eigenvalue weighted by molar-refractivity contribution is 8.03. The molecule has 0 aromatic heterocycles. The standard InChI is InChI=1S/C14H15ClO4S/c15-11-3-1-2-9(6-11)14(16,17)10-7-12(20-8-10)13-18-4-5-19-13/h1-3,6-7,10,13,16-17H,4-5,8H2. The fourth-order valence-corrected chi connectivity index (χ4v) is 3.74. The third kappa shape index (κ3) is 2.74. The maximum absolute atomic E-state index is 10.4. The lowest BCUT2D eigenvalue weighted by molar-refractivity contribution is -0.192. The first kappa shape index (κ1) is 14.4. The molecule has 1 unspecified atom stereocenters. The maximum atomic E-state index is 10.4. The molecule has 0 aliphatic carbocycles. The minimum absolute atomic E-state index is 0.361. The van der Waals surface area contributed by atoms with Crippen LogP contribution in [0.25, 0.3) is 0 Å². The smallest absolute Gasteiger partial charge is 0.197 e. The summed E-state index contributed by atoms with van der Waals surface area (Å²) in [5, 5.41) is 21.3. The Hall–Kier alpha value is -0.560. The Morgan fingerprint density at radius 1 is 1.25 bits per heavy atom. The van der Waals surface area contributed by atoms with Crippen LogP contribution in [0, 0.1) is 5.92 Å². The Bertz CT molecular complexity index is 526. The molecule has 20 heavy (non-hydrogen) atoms. The summed E-state index contributed by atoms with van der Waals surface area (Å²) in [5.41, 5.74) is 0.390. The quantitative estimate of drug-likeness (QED) is 0.837. The van der Waals surface area contributed by atoms with E-state index < -0.39 is 11.7 Å². The summed E-state index contributed by atoms with van der Waals surface area (Å²) >= 11 is 7.44. The van der Waals surface area contributed by atoms with Crippen molar-refractivity contribution >= 4 is 23.4 Å². The maximum Gasteiger partial charge on any atom is 0.197 e. The van der Waals surface area contributed by atoms with Crippen LogP contribution in [0.3, 0.4) is 0 Å². The van der Waals surface area contributed by atoms with Gasteiger partial charge in [0.25, 0.3) is 0 Å². The van der Waals surface area contributed by atoms with Crippen molar-refractivity contribution in [1.29, 1.82) is 0 Å². The molecule has 108 valence electrons. The average molecular weight is 315 g/mol. The van der Waals surface area contributed by atoms with Gasteiger partial charge in [0.15, 0.2) is 12.1 Å². The van der Waals surface area contributed by atoms with Crippen molar-refractivity contribution in [2.75, 3.05) is 19.0 Å². The molecule has 1 aromatic carbocycles. The van der Waals surface area contributed by atoms with Gasteiger partial charge in [0, 0.05) is 27.2 Å². The SMILES string of the molecule is OC(O)(c1cccc(Cl)c1)C1C=C(C2OCCO2)SC1. The Labute approximate surface area is 126 Å². The summed E-state index contributed by atoms with van der Waals surface area (Å²) in [6, 6.07) is 6.63. The third-order valence-electron chi connectivity index (χ3n) is 3.42. The Morgan fingerprint density at radius 3 is 2.70 bits per heavy atom. The first-order chi connectivity index (χ1) is 9.57. The number of halogens is 1. The predicted octanol–water partition coefficient (Wildman–Crippen LogP) is 2.10. The van der Waals surface area contributed by atoms with Crippen molar-refractivity contribution < 1.29 is 19.7 Å². The largest absolute Gasteiger partial charge is 0.361 e. The van der Waals surface area contributed by atoms with Crippen molar-refractivity contribution in [1.82, 2.24) is 0 Å². The van der Waals surface area contributed by atoms with Crippen molar-refractivity contribution in [2.24, 2.45) is 5.92 Å². The molecule has 2 heterocycles. The lowest BCUT2D eigenvalue weighted by Crippen LogP contribution is -2.34. The zero-order chi connectivity index (χ0) is 14.2. The number of hydrogen-bond acceptors (Lipinski definition) is 5. The molecule has 3 rings (SSSR count). The van der Waals surface area contributed by atoms with E-state index >= 15 is 0 Å². The molecule has 0 bridgehead atoms. The lowest BCUT2D eigenvalue weighted by atomic mass is 9.93. The Morgan fingerprint density at radius 2 is 2.00 bits per heavy atom. The second-order valence-electron chi connectivity index (χ2n) is 4.80. The zero-order valence-corrected chi connectivity index (χ0v) is 12.2. The van der Waals surface area contributed by atoms with Crippen LogP contribution < -0.4 is 0 Å². The van der Waals surface area contributed by atoms with Crippen molar-refractivity contribution in [3.63, 3.8) is 0 Å². The van der Waals surface area contributed by atoms with Gasteiger partial charge in [0.05, 0.1) is 13.2 Å². The summed E-state index contributed by atoms with van der Waals surface area (Å²) in [7, 11) is 0. The van der Waals surface area contributed by atoms with Crippen molar-refractivity contribution in [3.8, 4) is 0 Å². The number of aliphatic hydroxyl groups is 2. The molecule has 0 radical (unpaired) electrons. The molecular weight excluding hydrogens is 300 g/mol. The molecule has 2 aliphatic rings. The summed E-state index contributed by atoms with van der Waals surface area (Å²) in [6.45, 7) is 1.15. The van der Waals surface area contributed by atoms with Gasteiger partial charge in [-0.25, -0.2) is 0 Å². The molecule has 6 heteroatoms. The summed E-state index contributed by atoms with van der Waals surface area (Å²) in [6.07, 6.45) is 1.46. The van der Waals surface area contributed by atoms with E-state index in [0.29, 0.717) is 29.6 Å². The fraction of sp³-hybridized carbons (Fsp3) is 0.429.